The third kappa shape index (κ3) is 5.95. The number of hydrogen-bond donors (Lipinski definition) is 0. The van der Waals surface area contributed by atoms with E-state index < -0.39 is 0 Å². The molecule has 0 saturated carbocycles. The van der Waals surface area contributed by atoms with Crippen LogP contribution < -0.4 is 0 Å². The molecule has 45 heavy (non-hydrogen) atoms. The second-order valence-electron chi connectivity index (χ2n) is 11.6. The summed E-state index contributed by atoms with van der Waals surface area (Å²) in [7, 11) is 0. The molecule has 0 aliphatic rings. The smallest absolute Gasteiger partial charge is 0.168 e. The van der Waals surface area contributed by atoms with Crippen LogP contribution in [-0.4, -0.2) is 19.5 Å². The molecular weight excluding hydrogens is 733 g/mol. The van der Waals surface area contributed by atoms with E-state index in [2.05, 4.69) is 72.8 Å². The monoisotopic (exact) mass is 763 g/mol. The minimum absolute atomic E-state index is 0. The Morgan fingerprint density at radius 1 is 0.733 bits per heavy atom. The van der Waals surface area contributed by atoms with Gasteiger partial charge in [0.05, 0.1) is 16.9 Å². The normalized spacial score (nSPS) is 11.3. The van der Waals surface area contributed by atoms with Gasteiger partial charge in [-0.15, -0.1) is 54.1 Å². The number of nitrogens with zero attached hydrogens (tertiary/aromatic N) is 4. The van der Waals surface area contributed by atoms with Crippen LogP contribution in [0.2, 0.25) is 0 Å². The van der Waals surface area contributed by atoms with E-state index in [0.29, 0.717) is 5.65 Å². The zero-order valence-electron chi connectivity index (χ0n) is 25.2. The van der Waals surface area contributed by atoms with Gasteiger partial charge >= 0.3 is 0 Å². The molecule has 0 spiro atoms. The molecule has 223 valence electrons. The van der Waals surface area contributed by atoms with Crippen LogP contribution in [0.3, 0.4) is 0 Å². The predicted octanol–water partition coefficient (Wildman–Crippen LogP) is 9.63. The molecule has 6 heteroatoms. The van der Waals surface area contributed by atoms with E-state index in [1.165, 1.54) is 5.56 Å². The number of hydrogen-bond acceptors (Lipinski definition) is 4. The fourth-order valence-corrected chi connectivity index (χ4v) is 5.31. The molecule has 0 aliphatic heterocycles. The molecule has 0 N–H and O–H groups in total. The SMILES string of the molecule is CC(C)(C)c1cnc2nc(-c3[c-]ccc4c3oc3ccccc34)n(-c3ccccc3)c2c1.[Ir].[c-]1ccccc1-c1ccccn1. The van der Waals surface area contributed by atoms with Crippen molar-refractivity contribution < 1.29 is 24.5 Å². The first-order chi connectivity index (χ1) is 21.5. The number of benzene rings is 4. The van der Waals surface area contributed by atoms with Crippen LogP contribution >= 0.6 is 0 Å². The number of rotatable bonds is 3. The molecular formula is C39H30IrN4O-2. The molecule has 0 saturated heterocycles. The number of imidazole rings is 1. The molecule has 0 amide bonds. The molecule has 0 aliphatic carbocycles. The Balaban J connectivity index is 0.000000231. The number of furan rings is 1. The van der Waals surface area contributed by atoms with Gasteiger partial charge in [0, 0.05) is 43.6 Å². The first-order valence-corrected chi connectivity index (χ1v) is 14.6. The number of aromatic nitrogens is 4. The largest absolute Gasteiger partial charge is 0.501 e. The van der Waals surface area contributed by atoms with Gasteiger partial charge in [-0.25, -0.2) is 4.98 Å². The molecule has 5 nitrogen and oxygen atoms in total. The molecule has 0 unspecified atom stereocenters. The Morgan fingerprint density at radius 3 is 2.27 bits per heavy atom. The number of pyridine rings is 2. The maximum Gasteiger partial charge on any atom is 0.168 e. The number of fused-ring (bicyclic) bond motifs is 4. The summed E-state index contributed by atoms with van der Waals surface area (Å²) in [6.07, 6.45) is 3.72. The predicted molar refractivity (Wildman–Crippen MR) is 178 cm³/mol. The van der Waals surface area contributed by atoms with Crippen LogP contribution in [0, 0.1) is 12.1 Å². The van der Waals surface area contributed by atoms with Crippen molar-refractivity contribution in [3.63, 3.8) is 0 Å². The number of para-hydroxylation sites is 2. The summed E-state index contributed by atoms with van der Waals surface area (Å²) in [4.78, 5) is 13.9. The van der Waals surface area contributed by atoms with Crippen LogP contribution in [0.5, 0.6) is 0 Å². The Morgan fingerprint density at radius 2 is 1.51 bits per heavy atom. The van der Waals surface area contributed by atoms with Gasteiger partial charge in [-0.1, -0.05) is 80.3 Å². The van der Waals surface area contributed by atoms with Gasteiger partial charge in [-0.05, 0) is 47.0 Å². The van der Waals surface area contributed by atoms with Crippen LogP contribution in [0.4, 0.5) is 0 Å². The van der Waals surface area contributed by atoms with Gasteiger partial charge in [0.2, 0.25) is 0 Å². The summed E-state index contributed by atoms with van der Waals surface area (Å²) in [6, 6.07) is 44.8. The van der Waals surface area contributed by atoms with Gasteiger partial charge < -0.3 is 14.0 Å². The van der Waals surface area contributed by atoms with E-state index in [1.54, 1.807) is 6.20 Å². The Kier molecular flexibility index (Phi) is 8.44. The Bertz CT molecular complexity index is 2160. The zero-order chi connectivity index (χ0) is 30.1. The van der Waals surface area contributed by atoms with Crippen molar-refractivity contribution >= 4 is 33.1 Å². The van der Waals surface area contributed by atoms with Crippen LogP contribution in [-0.2, 0) is 25.5 Å². The minimum atomic E-state index is -0.0159. The molecule has 1 radical (unpaired) electrons. The second kappa shape index (κ2) is 12.6. The molecule has 0 fully saturated rings. The average molecular weight is 763 g/mol. The molecule has 8 rings (SSSR count). The quantitative estimate of drug-likeness (QED) is 0.168. The van der Waals surface area contributed by atoms with Crippen molar-refractivity contribution in [2.75, 3.05) is 0 Å². The first kappa shape index (κ1) is 30.1. The van der Waals surface area contributed by atoms with Crippen LogP contribution in [0.1, 0.15) is 26.3 Å². The molecule has 4 aromatic carbocycles. The average Bonchev–Trinajstić information content (AvgIpc) is 3.64. The van der Waals surface area contributed by atoms with Crippen molar-refractivity contribution in [2.45, 2.75) is 26.2 Å². The first-order valence-electron chi connectivity index (χ1n) is 14.6. The third-order valence-electron chi connectivity index (χ3n) is 7.60. The molecule has 4 heterocycles. The van der Waals surface area contributed by atoms with Gasteiger partial charge in [-0.3, -0.25) is 4.98 Å². The van der Waals surface area contributed by atoms with Gasteiger partial charge in [0.1, 0.15) is 5.58 Å². The molecule has 0 bridgehead atoms. The third-order valence-corrected chi connectivity index (χ3v) is 7.60. The van der Waals surface area contributed by atoms with E-state index in [4.69, 9.17) is 14.4 Å². The molecule has 0 atom stereocenters. The van der Waals surface area contributed by atoms with Crippen molar-refractivity contribution in [3.05, 3.63) is 145 Å². The maximum absolute atomic E-state index is 6.30. The van der Waals surface area contributed by atoms with E-state index >= 15 is 0 Å². The van der Waals surface area contributed by atoms with Gasteiger partial charge in [0.15, 0.2) is 5.65 Å². The van der Waals surface area contributed by atoms with Crippen LogP contribution in [0.15, 0.2) is 132 Å². The topological polar surface area (TPSA) is 56.7 Å². The summed E-state index contributed by atoms with van der Waals surface area (Å²) in [5, 5.41) is 2.15. The standard InChI is InChI=1S/C28H22N3O.C11H8N.Ir/c1-28(2,3)18-16-23-26(29-17-18)30-27(31(23)19-10-5-4-6-11-19)22-14-9-13-21-20-12-7-8-15-24(20)32-25(21)22;1-2-6-10(7-3-1)11-8-4-5-9-12-11;/h4-13,15-17H,1-3H3;1-6,8-9H;/q2*-1;. The summed E-state index contributed by atoms with van der Waals surface area (Å²) in [5.74, 6) is 0.773. The fourth-order valence-electron chi connectivity index (χ4n) is 5.31. The van der Waals surface area contributed by atoms with Gasteiger partial charge in [-0.2, -0.15) is 0 Å². The van der Waals surface area contributed by atoms with E-state index in [0.717, 1.165) is 55.8 Å². The van der Waals surface area contributed by atoms with Crippen molar-refractivity contribution in [3.8, 4) is 28.3 Å². The van der Waals surface area contributed by atoms with Crippen molar-refractivity contribution in [1.82, 2.24) is 19.5 Å². The van der Waals surface area contributed by atoms with E-state index in [9.17, 15) is 0 Å². The summed E-state index contributed by atoms with van der Waals surface area (Å²) < 4.78 is 8.46. The summed E-state index contributed by atoms with van der Waals surface area (Å²) >= 11 is 0. The maximum atomic E-state index is 6.30. The Labute approximate surface area is 276 Å². The van der Waals surface area contributed by atoms with Crippen molar-refractivity contribution in [1.29, 1.82) is 0 Å². The molecule has 4 aromatic heterocycles. The fraction of sp³-hybridized carbons (Fsp3) is 0.103. The van der Waals surface area contributed by atoms with Crippen LogP contribution in [0.25, 0.3) is 61.4 Å². The second-order valence-corrected chi connectivity index (χ2v) is 11.6. The van der Waals surface area contributed by atoms with E-state index in [-0.39, 0.29) is 25.5 Å². The van der Waals surface area contributed by atoms with E-state index in [1.807, 2.05) is 91.1 Å². The van der Waals surface area contributed by atoms with Crippen molar-refractivity contribution in [2.24, 2.45) is 0 Å². The summed E-state index contributed by atoms with van der Waals surface area (Å²) in [6.45, 7) is 6.59. The summed E-state index contributed by atoms with van der Waals surface area (Å²) in [5.41, 5.74) is 8.35. The zero-order valence-corrected chi connectivity index (χ0v) is 27.5. The minimum Gasteiger partial charge on any atom is -0.501 e. The Hall–Kier alpha value is -4.90. The molecule has 8 aromatic rings. The van der Waals surface area contributed by atoms with Gasteiger partial charge in [0.25, 0.3) is 0 Å².